The second kappa shape index (κ2) is 7.54. The van der Waals surface area contributed by atoms with Gasteiger partial charge < -0.3 is 20.4 Å². The highest BCUT2D eigenvalue weighted by atomic mass is 33.7. The highest BCUT2D eigenvalue weighted by Crippen LogP contribution is 2.45. The van der Waals surface area contributed by atoms with E-state index in [0.29, 0.717) is 21.6 Å². The first-order valence-electron chi connectivity index (χ1n) is 2.92. The van der Waals surface area contributed by atoms with E-state index in [0.717, 1.165) is 19.7 Å². The van der Waals surface area contributed by atoms with Crippen molar-refractivity contribution in [1.82, 2.24) is 0 Å². The van der Waals surface area contributed by atoms with E-state index in [-0.39, 0.29) is 0 Å². The van der Waals surface area contributed by atoms with E-state index in [9.17, 15) is 9.59 Å². The van der Waals surface area contributed by atoms with Crippen molar-refractivity contribution in [1.29, 1.82) is 0 Å². The minimum atomic E-state index is -1.56. The topological polar surface area (TPSA) is 115 Å². The largest absolute Gasteiger partial charge is 0.479 e. The van der Waals surface area contributed by atoms with Crippen LogP contribution in [0.1, 0.15) is 0 Å². The van der Waals surface area contributed by atoms with Gasteiger partial charge in [0.2, 0.25) is 10.9 Å². The summed E-state index contributed by atoms with van der Waals surface area (Å²) in [7, 11) is 3.05. The van der Waals surface area contributed by atoms with Gasteiger partial charge in [-0.15, -0.1) is 0 Å². The summed E-state index contributed by atoms with van der Waals surface area (Å²) in [6, 6.07) is 0. The smallest absolute Gasteiger partial charge is 0.344 e. The van der Waals surface area contributed by atoms with Crippen molar-refractivity contribution in [2.24, 2.45) is 0 Å². The quantitative estimate of drug-likeness (QED) is 0.297. The van der Waals surface area contributed by atoms with Crippen molar-refractivity contribution in [2.45, 2.75) is 10.9 Å². The van der Waals surface area contributed by atoms with Crippen LogP contribution in [0.4, 0.5) is 0 Å². The van der Waals surface area contributed by atoms with Crippen molar-refractivity contribution >= 4 is 53.2 Å². The third-order valence-electron chi connectivity index (χ3n) is 0.711. The number of hydrogen-bond donors (Lipinski definition) is 4. The predicted molar refractivity (Wildman–Crippen MR) is 57.6 cm³/mol. The fraction of sp³-hybridized carbons (Fsp3) is 0.500. The lowest BCUT2D eigenvalue weighted by Gasteiger charge is -2.04. The van der Waals surface area contributed by atoms with Crippen molar-refractivity contribution < 1.29 is 30.0 Å². The molecule has 0 aromatic rings. The van der Waals surface area contributed by atoms with Crippen LogP contribution in [0, 0.1) is 0 Å². The Morgan fingerprint density at radius 3 is 1.36 bits per heavy atom. The monoisotopic (exact) mass is 278 g/mol. The van der Waals surface area contributed by atoms with Gasteiger partial charge in [0.05, 0.1) is 0 Å². The molecule has 0 radical (unpaired) electrons. The summed E-state index contributed by atoms with van der Waals surface area (Å²) in [5.74, 6) is -2.74. The number of carboxylic acid groups (broad SMARTS) is 2. The Labute approximate surface area is 94.0 Å². The normalized spacial score (nSPS) is 14.7. The molecule has 82 valence electrons. The SMILES string of the molecule is O=C(O)C(O)SSSSC(O)C(=O)O. The van der Waals surface area contributed by atoms with Crippen LogP contribution < -0.4 is 0 Å². The zero-order valence-electron chi connectivity index (χ0n) is 6.39. The number of hydrogen-bond acceptors (Lipinski definition) is 8. The number of rotatable bonds is 7. The number of carboxylic acids is 2. The Hall–Kier alpha value is 0.260. The molecule has 0 saturated heterocycles. The van der Waals surface area contributed by atoms with Gasteiger partial charge in [-0.25, -0.2) is 9.59 Å². The summed E-state index contributed by atoms with van der Waals surface area (Å²) in [4.78, 5) is 20.2. The Morgan fingerprint density at radius 1 is 0.857 bits per heavy atom. The van der Waals surface area contributed by atoms with Crippen molar-refractivity contribution in [2.75, 3.05) is 0 Å². The minimum Gasteiger partial charge on any atom is -0.479 e. The van der Waals surface area contributed by atoms with Gasteiger partial charge >= 0.3 is 11.9 Å². The van der Waals surface area contributed by atoms with Crippen LogP contribution in [0.3, 0.4) is 0 Å². The summed E-state index contributed by atoms with van der Waals surface area (Å²) < 4.78 is 0. The lowest BCUT2D eigenvalue weighted by Crippen LogP contribution is -2.13. The van der Waals surface area contributed by atoms with Crippen LogP contribution in [0.5, 0.6) is 0 Å². The molecule has 0 rings (SSSR count). The lowest BCUT2D eigenvalue weighted by atomic mass is 10.7. The van der Waals surface area contributed by atoms with Crippen LogP contribution in [-0.2, 0) is 9.59 Å². The third kappa shape index (κ3) is 6.68. The first-order chi connectivity index (χ1) is 6.45. The van der Waals surface area contributed by atoms with E-state index < -0.39 is 22.8 Å². The van der Waals surface area contributed by atoms with E-state index in [1.54, 1.807) is 0 Å². The molecule has 4 N–H and O–H groups in total. The molecule has 0 saturated carbocycles. The Kier molecular flexibility index (Phi) is 7.68. The molecule has 2 unspecified atom stereocenters. The van der Waals surface area contributed by atoms with Crippen molar-refractivity contribution in [3.8, 4) is 0 Å². The summed E-state index contributed by atoms with van der Waals surface area (Å²) in [5.41, 5.74) is -3.12. The number of aliphatic hydroxyl groups excluding tert-OH is 2. The van der Waals surface area contributed by atoms with Crippen molar-refractivity contribution in [3.63, 3.8) is 0 Å². The molecule has 0 aliphatic carbocycles. The number of carbonyl (C=O) groups is 2. The fourth-order valence-electron chi connectivity index (χ4n) is 0.189. The maximum absolute atomic E-state index is 10.1. The average Bonchev–Trinajstić information content (AvgIpc) is 2.11. The van der Waals surface area contributed by atoms with Crippen LogP contribution in [0.15, 0.2) is 0 Å². The van der Waals surface area contributed by atoms with E-state index in [2.05, 4.69) is 0 Å². The van der Waals surface area contributed by atoms with E-state index >= 15 is 0 Å². The van der Waals surface area contributed by atoms with Crippen molar-refractivity contribution in [3.05, 3.63) is 0 Å². The predicted octanol–water partition coefficient (Wildman–Crippen LogP) is 0.470. The van der Waals surface area contributed by atoms with Gasteiger partial charge in [-0.2, -0.15) is 0 Å². The van der Waals surface area contributed by atoms with Crippen LogP contribution >= 0.6 is 41.2 Å². The summed E-state index contributed by atoms with van der Waals surface area (Å²) in [6.07, 6.45) is 0. The lowest BCUT2D eigenvalue weighted by molar-refractivity contribution is -0.142. The van der Waals surface area contributed by atoms with E-state index in [1.807, 2.05) is 0 Å². The molecule has 0 aromatic heterocycles. The third-order valence-corrected chi connectivity index (χ3v) is 6.84. The Bertz CT molecular complexity index is 188. The zero-order chi connectivity index (χ0) is 11.1. The molecule has 6 nitrogen and oxygen atoms in total. The van der Waals surface area contributed by atoms with Gasteiger partial charge in [0.25, 0.3) is 0 Å². The maximum atomic E-state index is 10.1. The second-order valence-electron chi connectivity index (χ2n) is 1.71. The highest BCUT2D eigenvalue weighted by Gasteiger charge is 2.17. The van der Waals surface area contributed by atoms with Gasteiger partial charge in [-0.05, 0) is 41.2 Å². The highest BCUT2D eigenvalue weighted by molar-refractivity contribution is 9.26. The van der Waals surface area contributed by atoms with Crippen LogP contribution in [0.2, 0.25) is 0 Å². The second-order valence-corrected chi connectivity index (χ2v) is 7.68. The van der Waals surface area contributed by atoms with E-state index in [1.165, 1.54) is 0 Å². The molecule has 14 heavy (non-hydrogen) atoms. The first-order valence-corrected chi connectivity index (χ1v) is 7.86. The van der Waals surface area contributed by atoms with E-state index in [4.69, 9.17) is 20.4 Å². The molecule has 0 aliphatic rings. The van der Waals surface area contributed by atoms with Crippen LogP contribution in [-0.4, -0.2) is 43.2 Å². The fourth-order valence-corrected chi connectivity index (χ4v) is 5.35. The molecule has 0 bridgehead atoms. The number of aliphatic hydroxyl groups is 2. The molecular weight excluding hydrogens is 272 g/mol. The van der Waals surface area contributed by atoms with Gasteiger partial charge in [0.15, 0.2) is 0 Å². The van der Waals surface area contributed by atoms with Gasteiger partial charge in [-0.1, -0.05) is 0 Å². The van der Waals surface area contributed by atoms with Gasteiger partial charge in [-0.3, -0.25) is 0 Å². The Balaban J connectivity index is 3.47. The molecule has 0 spiro atoms. The summed E-state index contributed by atoms with van der Waals surface area (Å²) >= 11 is 0. The molecule has 0 fully saturated rings. The molecule has 0 aliphatic heterocycles. The molecule has 10 heteroatoms. The zero-order valence-corrected chi connectivity index (χ0v) is 9.66. The summed E-state index contributed by atoms with van der Waals surface area (Å²) in [6.45, 7) is 0. The maximum Gasteiger partial charge on any atom is 0.344 e. The van der Waals surface area contributed by atoms with Gasteiger partial charge in [0, 0.05) is 0 Å². The number of aliphatic carboxylic acids is 2. The average molecular weight is 278 g/mol. The first kappa shape index (κ1) is 14.3. The molecule has 0 amide bonds. The Morgan fingerprint density at radius 2 is 1.14 bits per heavy atom. The molecular formula is C4H6O6S4. The standard InChI is InChI=1S/C4H6O6S4/c5-1(6)3(9)11-13-14-12-4(10)2(7)8/h3-4,9-10H,(H,5,6)(H,7,8). The summed E-state index contributed by atoms with van der Waals surface area (Å²) in [5, 5.41) is 34.0. The molecule has 2 atom stereocenters. The minimum absolute atomic E-state index is 0.649. The van der Waals surface area contributed by atoms with Crippen LogP contribution in [0.25, 0.3) is 0 Å². The van der Waals surface area contributed by atoms with Gasteiger partial charge in [0.1, 0.15) is 0 Å². The molecule has 0 aromatic carbocycles. The molecule has 0 heterocycles.